The summed E-state index contributed by atoms with van der Waals surface area (Å²) in [6.45, 7) is 1.93. The van der Waals surface area contributed by atoms with Crippen molar-refractivity contribution in [2.75, 3.05) is 5.75 Å². The summed E-state index contributed by atoms with van der Waals surface area (Å²) >= 11 is 7.60. The van der Waals surface area contributed by atoms with E-state index in [1.54, 1.807) is 17.8 Å². The number of thioether (sulfide) groups is 1. The van der Waals surface area contributed by atoms with Gasteiger partial charge in [0.25, 0.3) is 5.69 Å². The molecule has 0 saturated carbocycles. The van der Waals surface area contributed by atoms with Crippen molar-refractivity contribution in [3.63, 3.8) is 0 Å². The Kier molecular flexibility index (Phi) is 5.05. The Morgan fingerprint density at radius 1 is 1.62 bits per heavy atom. The van der Waals surface area contributed by atoms with Crippen LogP contribution in [0.4, 0.5) is 5.69 Å². The maximum absolute atomic E-state index is 10.5. The molecule has 6 heteroatoms. The fourth-order valence-corrected chi connectivity index (χ4v) is 2.40. The van der Waals surface area contributed by atoms with E-state index in [0.29, 0.717) is 5.02 Å². The monoisotopic (exact) mass is 260 g/mol. The van der Waals surface area contributed by atoms with E-state index in [2.05, 4.69) is 0 Å². The predicted molar refractivity (Wildman–Crippen MR) is 67.9 cm³/mol. The molecule has 0 aromatic heterocycles. The molecule has 0 fully saturated rings. The van der Waals surface area contributed by atoms with Gasteiger partial charge in [0, 0.05) is 29.7 Å². The molecule has 2 N–H and O–H groups in total. The van der Waals surface area contributed by atoms with Crippen molar-refractivity contribution in [3.05, 3.63) is 38.9 Å². The van der Waals surface area contributed by atoms with Crippen molar-refractivity contribution in [2.45, 2.75) is 18.7 Å². The molecule has 1 unspecified atom stereocenters. The Morgan fingerprint density at radius 2 is 2.31 bits per heavy atom. The molecule has 0 saturated heterocycles. The third-order valence-corrected chi connectivity index (χ3v) is 3.51. The van der Waals surface area contributed by atoms with Crippen molar-refractivity contribution in [3.8, 4) is 0 Å². The van der Waals surface area contributed by atoms with Crippen LogP contribution in [0, 0.1) is 10.1 Å². The summed E-state index contributed by atoms with van der Waals surface area (Å²) in [6, 6.07) is 4.67. The number of hydrogen-bond acceptors (Lipinski definition) is 4. The van der Waals surface area contributed by atoms with Crippen LogP contribution < -0.4 is 5.73 Å². The summed E-state index contributed by atoms with van der Waals surface area (Å²) < 4.78 is 0. The average molecular weight is 261 g/mol. The zero-order chi connectivity index (χ0) is 12.1. The molecule has 0 aliphatic heterocycles. The number of nitro groups is 1. The highest BCUT2D eigenvalue weighted by atomic mass is 35.5. The lowest BCUT2D eigenvalue weighted by molar-refractivity contribution is -0.384. The van der Waals surface area contributed by atoms with Crippen LogP contribution in [0.2, 0.25) is 5.02 Å². The Morgan fingerprint density at radius 3 is 2.81 bits per heavy atom. The lowest BCUT2D eigenvalue weighted by Gasteiger charge is -2.06. The zero-order valence-corrected chi connectivity index (χ0v) is 10.4. The highest BCUT2D eigenvalue weighted by Crippen LogP contribution is 2.25. The second kappa shape index (κ2) is 6.08. The standard InChI is InChI=1S/C10H13ClN2O2S/c1-7(12)5-16-6-8-2-3-9(13(14)15)4-10(8)11/h2-4,7H,5-6,12H2,1H3. The van der Waals surface area contributed by atoms with E-state index in [4.69, 9.17) is 17.3 Å². The van der Waals surface area contributed by atoms with Gasteiger partial charge >= 0.3 is 0 Å². The summed E-state index contributed by atoms with van der Waals surface area (Å²) in [6.07, 6.45) is 0. The fraction of sp³-hybridized carbons (Fsp3) is 0.400. The number of benzene rings is 1. The quantitative estimate of drug-likeness (QED) is 0.653. The van der Waals surface area contributed by atoms with Crippen LogP contribution in [0.5, 0.6) is 0 Å². The summed E-state index contributed by atoms with van der Waals surface area (Å²) in [5, 5.41) is 10.9. The van der Waals surface area contributed by atoms with Crippen LogP contribution in [0.15, 0.2) is 18.2 Å². The molecule has 0 aliphatic rings. The second-order valence-electron chi connectivity index (χ2n) is 3.53. The van der Waals surface area contributed by atoms with Crippen molar-refractivity contribution >= 4 is 29.1 Å². The van der Waals surface area contributed by atoms with Crippen molar-refractivity contribution in [1.29, 1.82) is 0 Å². The van der Waals surface area contributed by atoms with Gasteiger partial charge in [0.2, 0.25) is 0 Å². The molecule has 0 radical (unpaired) electrons. The normalized spacial score (nSPS) is 12.4. The van der Waals surface area contributed by atoms with E-state index in [1.165, 1.54) is 12.1 Å². The van der Waals surface area contributed by atoms with Gasteiger partial charge < -0.3 is 5.73 Å². The molecule has 1 atom stereocenters. The zero-order valence-electron chi connectivity index (χ0n) is 8.85. The van der Waals surface area contributed by atoms with E-state index >= 15 is 0 Å². The van der Waals surface area contributed by atoms with Crippen molar-refractivity contribution < 1.29 is 4.92 Å². The first-order valence-electron chi connectivity index (χ1n) is 4.77. The van der Waals surface area contributed by atoms with Gasteiger partial charge in [-0.15, -0.1) is 0 Å². The molecular formula is C10H13ClN2O2S. The first-order valence-corrected chi connectivity index (χ1v) is 6.30. The molecule has 0 aliphatic carbocycles. The van der Waals surface area contributed by atoms with Gasteiger partial charge in [0.1, 0.15) is 0 Å². The molecule has 0 heterocycles. The average Bonchev–Trinajstić information content (AvgIpc) is 2.19. The van der Waals surface area contributed by atoms with Gasteiger partial charge in [0.05, 0.1) is 9.95 Å². The van der Waals surface area contributed by atoms with Crippen LogP contribution in [0.25, 0.3) is 0 Å². The summed E-state index contributed by atoms with van der Waals surface area (Å²) in [4.78, 5) is 10.0. The second-order valence-corrected chi connectivity index (χ2v) is 4.96. The summed E-state index contributed by atoms with van der Waals surface area (Å²) in [5.41, 5.74) is 6.54. The van der Waals surface area contributed by atoms with Gasteiger partial charge in [-0.25, -0.2) is 0 Å². The van der Waals surface area contributed by atoms with Gasteiger partial charge in [-0.2, -0.15) is 11.8 Å². The Balaban J connectivity index is 2.64. The van der Waals surface area contributed by atoms with E-state index < -0.39 is 4.92 Å². The lowest BCUT2D eigenvalue weighted by atomic mass is 10.2. The van der Waals surface area contributed by atoms with Crippen LogP contribution in [-0.4, -0.2) is 16.7 Å². The number of nitrogens with two attached hydrogens (primary N) is 1. The maximum Gasteiger partial charge on any atom is 0.270 e. The van der Waals surface area contributed by atoms with Crippen molar-refractivity contribution in [2.24, 2.45) is 5.73 Å². The van der Waals surface area contributed by atoms with Crippen LogP contribution >= 0.6 is 23.4 Å². The van der Waals surface area contributed by atoms with E-state index in [9.17, 15) is 10.1 Å². The molecule has 1 rings (SSSR count). The summed E-state index contributed by atoms with van der Waals surface area (Å²) in [5.74, 6) is 1.56. The number of nitro benzene ring substituents is 1. The van der Waals surface area contributed by atoms with Gasteiger partial charge in [-0.3, -0.25) is 10.1 Å². The SMILES string of the molecule is CC(N)CSCc1ccc([N+](=O)[O-])cc1Cl. The predicted octanol–water partition coefficient (Wildman–Crippen LogP) is 2.83. The molecule has 16 heavy (non-hydrogen) atoms. The van der Waals surface area contributed by atoms with Gasteiger partial charge in [-0.05, 0) is 18.6 Å². The molecule has 0 spiro atoms. The third-order valence-electron chi connectivity index (χ3n) is 1.89. The van der Waals surface area contributed by atoms with Gasteiger partial charge in [-0.1, -0.05) is 11.6 Å². The van der Waals surface area contributed by atoms with E-state index in [-0.39, 0.29) is 11.7 Å². The minimum Gasteiger partial charge on any atom is -0.327 e. The number of rotatable bonds is 5. The van der Waals surface area contributed by atoms with E-state index in [0.717, 1.165) is 17.1 Å². The topological polar surface area (TPSA) is 69.2 Å². The largest absolute Gasteiger partial charge is 0.327 e. The molecule has 88 valence electrons. The minimum atomic E-state index is -0.454. The number of hydrogen-bond donors (Lipinski definition) is 1. The van der Waals surface area contributed by atoms with E-state index in [1.807, 2.05) is 6.92 Å². The number of nitrogens with zero attached hydrogens (tertiary/aromatic N) is 1. The number of halogens is 1. The highest BCUT2D eigenvalue weighted by Gasteiger charge is 2.09. The minimum absolute atomic E-state index is 0.0194. The number of non-ortho nitro benzene ring substituents is 1. The molecule has 0 amide bonds. The van der Waals surface area contributed by atoms with Crippen LogP contribution in [-0.2, 0) is 5.75 Å². The van der Waals surface area contributed by atoms with Crippen LogP contribution in [0.3, 0.4) is 0 Å². The van der Waals surface area contributed by atoms with Crippen molar-refractivity contribution in [1.82, 2.24) is 0 Å². The molecular weight excluding hydrogens is 248 g/mol. The highest BCUT2D eigenvalue weighted by molar-refractivity contribution is 7.98. The van der Waals surface area contributed by atoms with Gasteiger partial charge in [0.15, 0.2) is 0 Å². The molecule has 4 nitrogen and oxygen atoms in total. The third kappa shape index (κ3) is 4.00. The lowest BCUT2D eigenvalue weighted by Crippen LogP contribution is -2.17. The fourth-order valence-electron chi connectivity index (χ4n) is 1.12. The first-order chi connectivity index (χ1) is 7.50. The van der Waals surface area contributed by atoms with Crippen LogP contribution in [0.1, 0.15) is 12.5 Å². The smallest absolute Gasteiger partial charge is 0.270 e. The molecule has 1 aromatic carbocycles. The molecule has 0 bridgehead atoms. The molecule has 1 aromatic rings. The summed E-state index contributed by atoms with van der Waals surface area (Å²) in [7, 11) is 0. The first kappa shape index (κ1) is 13.3. The Bertz CT molecular complexity index is 385. The maximum atomic E-state index is 10.5. The Hall–Kier alpha value is -0.780. The Labute approximate surface area is 103 Å².